The Morgan fingerprint density at radius 2 is 1.72 bits per heavy atom. The van der Waals surface area contributed by atoms with Crippen molar-refractivity contribution in [1.29, 1.82) is 0 Å². The van der Waals surface area contributed by atoms with Crippen molar-refractivity contribution in [2.75, 3.05) is 5.32 Å². The molecule has 0 aliphatic heterocycles. The number of aromatic nitrogens is 1. The third-order valence-corrected chi connectivity index (χ3v) is 7.06. The number of anilines is 1. The van der Waals surface area contributed by atoms with E-state index in [4.69, 9.17) is 28.3 Å². The number of fused-ring (bicyclic) bond motifs is 1. The van der Waals surface area contributed by atoms with Gasteiger partial charge in [-0.1, -0.05) is 44.0 Å². The minimum Gasteiger partial charge on any atom is -0.464 e. The molecule has 0 spiro atoms. The van der Waals surface area contributed by atoms with Crippen LogP contribution in [-0.4, -0.2) is 30.1 Å². The predicted molar refractivity (Wildman–Crippen MR) is 124 cm³/mol. The van der Waals surface area contributed by atoms with E-state index in [1.54, 1.807) is 29.8 Å². The Hall–Kier alpha value is -2.75. The van der Waals surface area contributed by atoms with Crippen molar-refractivity contribution in [3.8, 4) is 0 Å². The summed E-state index contributed by atoms with van der Waals surface area (Å²) in [5.74, 6) is -0.430. The maximum atomic E-state index is 13.1. The topological polar surface area (TPSA) is 118 Å². The van der Waals surface area contributed by atoms with E-state index in [1.807, 2.05) is 20.8 Å². The summed E-state index contributed by atoms with van der Waals surface area (Å²) in [6, 6.07) is 9.05. The summed E-state index contributed by atoms with van der Waals surface area (Å²) in [5.41, 5.74) is 1.40. The smallest absolute Gasteiger partial charge is 0.418 e. The van der Waals surface area contributed by atoms with Gasteiger partial charge in [0.05, 0.1) is 14.9 Å². The molecule has 0 radical (unpaired) electrons. The van der Waals surface area contributed by atoms with Crippen molar-refractivity contribution in [1.82, 2.24) is 9.29 Å². The largest absolute Gasteiger partial charge is 0.464 e. The van der Waals surface area contributed by atoms with Crippen LogP contribution in [-0.2, 0) is 22.5 Å². The quantitative estimate of drug-likeness (QED) is 0.469. The number of hydrogen-bond acceptors (Lipinski definition) is 4. The van der Waals surface area contributed by atoms with Gasteiger partial charge < -0.3 is 15.0 Å². The predicted octanol–water partition coefficient (Wildman–Crippen LogP) is 4.99. The molecule has 32 heavy (non-hydrogen) atoms. The van der Waals surface area contributed by atoms with Gasteiger partial charge in [0.1, 0.15) is 5.69 Å². The number of nitrogens with zero attached hydrogens (tertiary/aromatic N) is 1. The first-order valence-corrected chi connectivity index (χ1v) is 11.6. The van der Waals surface area contributed by atoms with Crippen LogP contribution in [0.4, 0.5) is 10.5 Å². The maximum Gasteiger partial charge on any atom is 0.418 e. The van der Waals surface area contributed by atoms with Crippen LogP contribution in [0.3, 0.4) is 0 Å². The first kappa shape index (κ1) is 23.9. The lowest BCUT2D eigenvalue weighted by Crippen LogP contribution is -2.29. The second-order valence-corrected chi connectivity index (χ2v) is 10.7. The summed E-state index contributed by atoms with van der Waals surface area (Å²) in [4.78, 5) is 23.7. The Kier molecular flexibility index (Phi) is 6.21. The van der Waals surface area contributed by atoms with Gasteiger partial charge in [-0.3, -0.25) is 4.79 Å². The minimum atomic E-state index is -4.27. The number of carbonyl (C=O) groups excluding carboxylic acids is 1. The van der Waals surface area contributed by atoms with E-state index in [0.717, 1.165) is 5.52 Å². The van der Waals surface area contributed by atoms with Crippen LogP contribution in [0.5, 0.6) is 0 Å². The average Bonchev–Trinajstić information content (AvgIpc) is 3.00. The fourth-order valence-corrected chi connectivity index (χ4v) is 4.59. The molecule has 0 unspecified atom stereocenters. The van der Waals surface area contributed by atoms with Gasteiger partial charge in [0.25, 0.3) is 15.9 Å². The third kappa shape index (κ3) is 4.55. The Balaban J connectivity index is 2.04. The molecule has 3 rings (SSSR count). The molecule has 8 nitrogen and oxygen atoms in total. The Bertz CT molecular complexity index is 1360. The number of sulfonamides is 1. The summed E-state index contributed by atoms with van der Waals surface area (Å²) >= 11 is 12.4. The van der Waals surface area contributed by atoms with E-state index < -0.39 is 27.4 Å². The second-order valence-electron chi connectivity index (χ2n) is 8.20. The summed E-state index contributed by atoms with van der Waals surface area (Å²) in [5, 5.41) is 13.0. The van der Waals surface area contributed by atoms with Gasteiger partial charge in [-0.25, -0.2) is 17.9 Å². The van der Waals surface area contributed by atoms with E-state index in [1.165, 1.54) is 22.9 Å². The molecule has 1 aromatic heterocycles. The van der Waals surface area contributed by atoms with Crippen molar-refractivity contribution in [2.24, 2.45) is 7.05 Å². The molecule has 0 atom stereocenters. The van der Waals surface area contributed by atoms with Crippen LogP contribution in [0.15, 0.2) is 41.3 Å². The van der Waals surface area contributed by atoms with Gasteiger partial charge in [0.15, 0.2) is 0 Å². The number of aryl methyl sites for hydroxylation is 1. The lowest BCUT2D eigenvalue weighted by atomic mass is 9.85. The van der Waals surface area contributed by atoms with Crippen molar-refractivity contribution < 1.29 is 23.1 Å². The molecule has 0 saturated heterocycles. The van der Waals surface area contributed by atoms with Gasteiger partial charge in [0.2, 0.25) is 0 Å². The van der Waals surface area contributed by atoms with Crippen LogP contribution < -0.4 is 10.0 Å². The van der Waals surface area contributed by atoms with Gasteiger partial charge in [-0.2, -0.15) is 0 Å². The molecular weight excluding hydrogens is 477 g/mol. The van der Waals surface area contributed by atoms with Crippen LogP contribution in [0, 0.1) is 0 Å². The molecule has 0 fully saturated rings. The molecule has 1 heterocycles. The van der Waals surface area contributed by atoms with E-state index in [9.17, 15) is 18.0 Å². The second kappa shape index (κ2) is 8.31. The molecular formula is C21H21Cl2N3O5S. The highest BCUT2D eigenvalue weighted by Crippen LogP contribution is 2.34. The van der Waals surface area contributed by atoms with Crippen LogP contribution in [0.1, 0.15) is 36.8 Å². The first-order chi connectivity index (χ1) is 14.7. The van der Waals surface area contributed by atoms with Gasteiger partial charge in [-0.15, -0.1) is 0 Å². The summed E-state index contributed by atoms with van der Waals surface area (Å²) in [6.07, 6.45) is -1.69. The Labute approximate surface area is 195 Å². The van der Waals surface area contributed by atoms with Crippen molar-refractivity contribution in [3.63, 3.8) is 0 Å². The molecule has 0 bridgehead atoms. The third-order valence-electron chi connectivity index (χ3n) is 4.93. The lowest BCUT2D eigenvalue weighted by Gasteiger charge is -2.24. The fraction of sp³-hybridized carbons (Fsp3) is 0.238. The number of amides is 2. The highest BCUT2D eigenvalue weighted by Gasteiger charge is 2.25. The Morgan fingerprint density at radius 1 is 1.06 bits per heavy atom. The molecule has 0 aliphatic carbocycles. The number of nitrogens with one attached hydrogen (secondary N) is 2. The zero-order valence-corrected chi connectivity index (χ0v) is 20.0. The zero-order chi connectivity index (χ0) is 24.0. The molecule has 2 amide bonds. The monoisotopic (exact) mass is 497 g/mol. The Morgan fingerprint density at radius 3 is 2.31 bits per heavy atom. The molecule has 3 aromatic rings. The minimum absolute atomic E-state index is 0.228. The normalized spacial score (nSPS) is 12.1. The van der Waals surface area contributed by atoms with Gasteiger partial charge >= 0.3 is 6.09 Å². The number of carbonyl (C=O) groups is 2. The molecule has 0 saturated carbocycles. The molecule has 2 aromatic carbocycles. The van der Waals surface area contributed by atoms with E-state index in [2.05, 4.69) is 5.32 Å². The first-order valence-electron chi connectivity index (χ1n) is 9.37. The van der Waals surface area contributed by atoms with E-state index in [0.29, 0.717) is 32.4 Å². The standard InChI is InChI=1S/C21H21Cl2N3O5S/c1-21(2,3)13-9-11(32(30,31)25-20(28)29)5-7-15(13)24-19(27)17-10-12-16(26(17)4)8-6-14(22)18(12)23/h5-10,25H,1-4H3,(H,24,27)(H,28,29). The number of carboxylic acid groups (broad SMARTS) is 1. The molecule has 170 valence electrons. The maximum absolute atomic E-state index is 13.1. The highest BCUT2D eigenvalue weighted by molar-refractivity contribution is 7.90. The summed E-state index contributed by atoms with van der Waals surface area (Å²) in [6.45, 7) is 5.53. The van der Waals surface area contributed by atoms with E-state index in [-0.39, 0.29) is 4.90 Å². The number of halogens is 2. The molecule has 11 heteroatoms. The summed E-state index contributed by atoms with van der Waals surface area (Å²) in [7, 11) is -2.54. The van der Waals surface area contributed by atoms with E-state index >= 15 is 0 Å². The number of rotatable bonds is 4. The SMILES string of the molecule is Cn1c(C(=O)Nc2ccc(S(=O)(=O)NC(=O)O)cc2C(C)(C)C)cc2c(Cl)c(Cl)ccc21. The molecule has 0 aliphatic rings. The highest BCUT2D eigenvalue weighted by atomic mass is 35.5. The fourth-order valence-electron chi connectivity index (χ4n) is 3.35. The number of hydrogen-bond donors (Lipinski definition) is 3. The average molecular weight is 498 g/mol. The summed E-state index contributed by atoms with van der Waals surface area (Å²) < 4.78 is 27.7. The lowest BCUT2D eigenvalue weighted by molar-refractivity contribution is 0.101. The van der Waals surface area contributed by atoms with Gasteiger partial charge in [0, 0.05) is 23.6 Å². The number of benzene rings is 2. The van der Waals surface area contributed by atoms with Gasteiger partial charge in [-0.05, 0) is 47.4 Å². The van der Waals surface area contributed by atoms with Crippen molar-refractivity contribution >= 4 is 61.8 Å². The van der Waals surface area contributed by atoms with Crippen LogP contribution in [0.2, 0.25) is 10.0 Å². The van der Waals surface area contributed by atoms with Crippen molar-refractivity contribution in [2.45, 2.75) is 31.1 Å². The van der Waals surface area contributed by atoms with Crippen LogP contribution >= 0.6 is 23.2 Å². The molecule has 3 N–H and O–H groups in total. The van der Waals surface area contributed by atoms with Crippen molar-refractivity contribution in [3.05, 3.63) is 57.7 Å². The van der Waals surface area contributed by atoms with Crippen LogP contribution in [0.25, 0.3) is 10.9 Å². The zero-order valence-electron chi connectivity index (χ0n) is 17.7.